The number of hydrogen-bond acceptors (Lipinski definition) is 4. The number of hydrazone groups is 1. The van der Waals surface area contributed by atoms with Crippen molar-refractivity contribution in [2.45, 2.75) is 6.18 Å². The Balaban J connectivity index is 1.54. The third-order valence-electron chi connectivity index (χ3n) is 4.54. The van der Waals surface area contributed by atoms with E-state index < -0.39 is 17.6 Å². The molecule has 3 aromatic carbocycles. The summed E-state index contributed by atoms with van der Waals surface area (Å²) in [7, 11) is 0. The van der Waals surface area contributed by atoms with Crippen molar-refractivity contribution in [1.82, 2.24) is 15.4 Å². The summed E-state index contributed by atoms with van der Waals surface area (Å²) in [5, 5.41) is 13.6. The van der Waals surface area contributed by atoms with Crippen LogP contribution in [-0.2, 0) is 6.18 Å². The highest BCUT2D eigenvalue weighted by atomic mass is 19.4. The molecule has 0 aliphatic heterocycles. The summed E-state index contributed by atoms with van der Waals surface area (Å²) < 4.78 is 39.1. The molecule has 4 aromatic rings. The zero-order chi connectivity index (χ0) is 22.0. The van der Waals surface area contributed by atoms with Gasteiger partial charge in [-0.15, -0.1) is 0 Å². The standard InChI is InChI=1S/C22H15F3N4O2/c23-22(24,25)16-7-3-1-5-14(16)12-26-29-21(31)13-9-10-17-18(11-13)28-20(27-17)15-6-2-4-8-19(15)30/h1-12,30H,(H,27,28)(H,29,31)/b26-12+. The minimum Gasteiger partial charge on any atom is -0.507 e. The molecule has 1 amide bonds. The lowest BCUT2D eigenvalue weighted by Gasteiger charge is -2.09. The van der Waals surface area contributed by atoms with Gasteiger partial charge in [0.15, 0.2) is 0 Å². The maximum atomic E-state index is 13.0. The second kappa shape index (κ2) is 7.94. The Morgan fingerprint density at radius 1 is 1.06 bits per heavy atom. The number of phenols is 1. The minimum atomic E-state index is -4.52. The molecule has 0 spiro atoms. The number of amides is 1. The summed E-state index contributed by atoms with van der Waals surface area (Å²) in [6.45, 7) is 0. The summed E-state index contributed by atoms with van der Waals surface area (Å²) in [6.07, 6.45) is -3.57. The van der Waals surface area contributed by atoms with Crippen molar-refractivity contribution in [3.05, 3.63) is 83.4 Å². The van der Waals surface area contributed by atoms with Crippen molar-refractivity contribution < 1.29 is 23.1 Å². The van der Waals surface area contributed by atoms with Crippen LogP contribution in [0.25, 0.3) is 22.4 Å². The molecule has 0 atom stereocenters. The number of aromatic amines is 1. The number of imidazole rings is 1. The van der Waals surface area contributed by atoms with Crippen molar-refractivity contribution >= 4 is 23.2 Å². The number of rotatable bonds is 4. The summed E-state index contributed by atoms with van der Waals surface area (Å²) in [4.78, 5) is 19.8. The maximum Gasteiger partial charge on any atom is 0.417 e. The number of phenolic OH excluding ortho intramolecular Hbond substituents is 1. The van der Waals surface area contributed by atoms with Gasteiger partial charge in [-0.05, 0) is 36.4 Å². The molecule has 0 radical (unpaired) electrons. The Hall–Kier alpha value is -4.14. The number of alkyl halides is 3. The van der Waals surface area contributed by atoms with Crippen LogP contribution in [0, 0.1) is 0 Å². The maximum absolute atomic E-state index is 13.0. The Morgan fingerprint density at radius 3 is 2.58 bits per heavy atom. The lowest BCUT2D eigenvalue weighted by Crippen LogP contribution is -2.18. The number of fused-ring (bicyclic) bond motifs is 1. The van der Waals surface area contributed by atoms with Crippen molar-refractivity contribution in [3.63, 3.8) is 0 Å². The van der Waals surface area contributed by atoms with E-state index in [1.165, 1.54) is 30.3 Å². The summed E-state index contributed by atoms with van der Waals surface area (Å²) in [5.41, 5.74) is 3.11. The zero-order valence-corrected chi connectivity index (χ0v) is 15.8. The number of nitrogens with zero attached hydrogens (tertiary/aromatic N) is 2. The fourth-order valence-electron chi connectivity index (χ4n) is 3.05. The molecule has 4 rings (SSSR count). The molecule has 156 valence electrons. The second-order valence-corrected chi connectivity index (χ2v) is 6.62. The van der Waals surface area contributed by atoms with Crippen molar-refractivity contribution in [3.8, 4) is 17.1 Å². The van der Waals surface area contributed by atoms with Crippen LogP contribution < -0.4 is 5.43 Å². The molecule has 0 fully saturated rings. The molecule has 0 aliphatic carbocycles. The summed E-state index contributed by atoms with van der Waals surface area (Å²) in [5.74, 6) is -0.0956. The number of aromatic nitrogens is 2. The van der Waals surface area contributed by atoms with Gasteiger partial charge in [-0.2, -0.15) is 18.3 Å². The average molecular weight is 424 g/mol. The van der Waals surface area contributed by atoms with Gasteiger partial charge in [0.2, 0.25) is 0 Å². The highest BCUT2D eigenvalue weighted by Crippen LogP contribution is 2.31. The molecule has 1 aromatic heterocycles. The molecule has 0 saturated carbocycles. The number of nitrogens with one attached hydrogen (secondary N) is 2. The van der Waals surface area contributed by atoms with E-state index in [2.05, 4.69) is 20.5 Å². The van der Waals surface area contributed by atoms with E-state index in [0.717, 1.165) is 12.3 Å². The third-order valence-corrected chi connectivity index (χ3v) is 4.54. The monoisotopic (exact) mass is 424 g/mol. The van der Waals surface area contributed by atoms with Gasteiger partial charge in [-0.3, -0.25) is 4.79 Å². The molecular weight excluding hydrogens is 409 g/mol. The smallest absolute Gasteiger partial charge is 0.417 e. The fraction of sp³-hybridized carbons (Fsp3) is 0.0455. The zero-order valence-electron chi connectivity index (χ0n) is 15.8. The first-order chi connectivity index (χ1) is 14.8. The number of carbonyl (C=O) groups excluding carboxylic acids is 1. The van der Waals surface area contributed by atoms with Crippen LogP contribution in [0.5, 0.6) is 5.75 Å². The molecule has 0 saturated heterocycles. The number of H-pyrrole nitrogens is 1. The topological polar surface area (TPSA) is 90.4 Å². The summed E-state index contributed by atoms with van der Waals surface area (Å²) in [6, 6.07) is 16.3. The summed E-state index contributed by atoms with van der Waals surface area (Å²) >= 11 is 0. The molecule has 0 aliphatic rings. The first-order valence-corrected chi connectivity index (χ1v) is 9.11. The quantitative estimate of drug-likeness (QED) is 0.327. The molecule has 1 heterocycles. The van der Waals surface area contributed by atoms with E-state index in [1.54, 1.807) is 30.3 Å². The van der Waals surface area contributed by atoms with Crippen LogP contribution in [0.4, 0.5) is 13.2 Å². The highest BCUT2D eigenvalue weighted by Gasteiger charge is 2.32. The lowest BCUT2D eigenvalue weighted by atomic mass is 10.1. The van der Waals surface area contributed by atoms with Crippen molar-refractivity contribution in [2.24, 2.45) is 5.10 Å². The fourth-order valence-corrected chi connectivity index (χ4v) is 3.05. The van der Waals surface area contributed by atoms with E-state index in [1.807, 2.05) is 0 Å². The number of halogens is 3. The van der Waals surface area contributed by atoms with Gasteiger partial charge in [0.1, 0.15) is 11.6 Å². The molecule has 9 heteroatoms. The van der Waals surface area contributed by atoms with Crippen molar-refractivity contribution in [2.75, 3.05) is 0 Å². The Kier molecular flexibility index (Phi) is 5.16. The molecule has 0 unspecified atom stereocenters. The normalized spacial score (nSPS) is 11.8. The lowest BCUT2D eigenvalue weighted by molar-refractivity contribution is -0.137. The van der Waals surface area contributed by atoms with E-state index >= 15 is 0 Å². The number of aromatic hydroxyl groups is 1. The van der Waals surface area contributed by atoms with Crippen molar-refractivity contribution in [1.29, 1.82) is 0 Å². The molecular formula is C22H15F3N4O2. The molecule has 31 heavy (non-hydrogen) atoms. The van der Waals surface area contributed by atoms with E-state index in [4.69, 9.17) is 0 Å². The second-order valence-electron chi connectivity index (χ2n) is 6.62. The number of benzene rings is 3. The van der Waals surface area contributed by atoms with Gasteiger partial charge in [0.25, 0.3) is 5.91 Å². The van der Waals surface area contributed by atoms with Crippen LogP contribution in [0.3, 0.4) is 0 Å². The van der Waals surface area contributed by atoms with Crippen LogP contribution >= 0.6 is 0 Å². The van der Waals surface area contributed by atoms with Gasteiger partial charge in [0.05, 0.1) is 28.4 Å². The van der Waals surface area contributed by atoms with Gasteiger partial charge >= 0.3 is 6.18 Å². The minimum absolute atomic E-state index is 0.0630. The van der Waals surface area contributed by atoms with E-state index in [9.17, 15) is 23.1 Å². The Bertz CT molecular complexity index is 1300. The highest BCUT2D eigenvalue weighted by molar-refractivity contribution is 5.98. The number of para-hydroxylation sites is 1. The predicted molar refractivity (Wildman–Crippen MR) is 110 cm³/mol. The van der Waals surface area contributed by atoms with Crippen LogP contribution in [0.2, 0.25) is 0 Å². The third kappa shape index (κ3) is 4.25. The molecule has 0 bridgehead atoms. The van der Waals surface area contributed by atoms with E-state index in [-0.39, 0.29) is 16.9 Å². The van der Waals surface area contributed by atoms with Gasteiger partial charge in [0, 0.05) is 11.1 Å². The first kappa shape index (κ1) is 20.1. The number of carbonyl (C=O) groups is 1. The van der Waals surface area contributed by atoms with Crippen LogP contribution in [0.1, 0.15) is 21.5 Å². The van der Waals surface area contributed by atoms with Gasteiger partial charge in [-0.1, -0.05) is 30.3 Å². The van der Waals surface area contributed by atoms with Crippen LogP contribution in [0.15, 0.2) is 71.8 Å². The predicted octanol–water partition coefficient (Wildman–Crippen LogP) is 4.72. The first-order valence-electron chi connectivity index (χ1n) is 9.11. The largest absolute Gasteiger partial charge is 0.507 e. The van der Waals surface area contributed by atoms with Gasteiger partial charge < -0.3 is 10.1 Å². The van der Waals surface area contributed by atoms with Gasteiger partial charge in [-0.25, -0.2) is 10.4 Å². The Morgan fingerprint density at radius 2 is 1.81 bits per heavy atom. The van der Waals surface area contributed by atoms with Crippen LogP contribution in [-0.4, -0.2) is 27.2 Å². The van der Waals surface area contributed by atoms with E-state index in [0.29, 0.717) is 22.4 Å². The number of hydrogen-bond donors (Lipinski definition) is 3. The molecule has 3 N–H and O–H groups in total. The average Bonchev–Trinajstić information content (AvgIpc) is 3.16. The SMILES string of the molecule is O=C(N/N=C/c1ccccc1C(F)(F)F)c1ccc2nc(-c3ccccc3O)[nH]c2c1. The Labute approximate surface area is 174 Å². The molecule has 6 nitrogen and oxygen atoms in total.